The molecule has 1 aliphatic heterocycles. The fourth-order valence-electron chi connectivity index (χ4n) is 2.77. The summed E-state index contributed by atoms with van der Waals surface area (Å²) in [6.45, 7) is 3.19. The standard InChI is InChI=1S/C18H18N4O10S3.Na/c1-19-20-11-4-5-13(22(27)28)12(9-11)14(23)3-2-7-33-34-8-6-17(25)32-21-16(24)10-15(18(21)26)35(29,30)31;/h4-5,9,15H,1-3,6-8,10H2;/q;+1. The van der Waals surface area contributed by atoms with Crippen molar-refractivity contribution in [1.29, 1.82) is 0 Å². The number of nitro groups is 1. The van der Waals surface area contributed by atoms with Crippen molar-refractivity contribution in [2.75, 3.05) is 11.5 Å². The first kappa shape index (κ1) is 31.9. The van der Waals surface area contributed by atoms with Crippen molar-refractivity contribution >= 4 is 73.4 Å². The molecule has 1 aliphatic rings. The maximum Gasteiger partial charge on any atom is 1.00 e. The second kappa shape index (κ2) is 14.6. The summed E-state index contributed by atoms with van der Waals surface area (Å²) >= 11 is 0. The van der Waals surface area contributed by atoms with Crippen molar-refractivity contribution < 1.29 is 76.3 Å². The van der Waals surface area contributed by atoms with Crippen LogP contribution < -0.4 is 29.6 Å². The predicted molar refractivity (Wildman–Crippen MR) is 122 cm³/mol. The predicted octanol–water partition coefficient (Wildman–Crippen LogP) is -1.54. The number of carbonyl (C=O) groups excluding carboxylic acids is 4. The van der Waals surface area contributed by atoms with Crippen molar-refractivity contribution in [2.24, 2.45) is 5.11 Å². The van der Waals surface area contributed by atoms with Gasteiger partial charge >= 0.3 is 35.5 Å². The van der Waals surface area contributed by atoms with Gasteiger partial charge in [0, 0.05) is 28.8 Å². The minimum absolute atomic E-state index is 0. The quantitative estimate of drug-likeness (QED) is 0.0226. The second-order valence-corrected chi connectivity index (χ2v) is 11.1. The topological polar surface area (TPSA) is 208 Å². The molecule has 1 heterocycles. The number of hydroxylamine groups is 2. The first-order valence-corrected chi connectivity index (χ1v) is 13.7. The first-order chi connectivity index (χ1) is 16.5. The molecule has 1 aromatic carbocycles. The van der Waals surface area contributed by atoms with Crippen LogP contribution in [-0.4, -0.2) is 74.8 Å². The van der Waals surface area contributed by atoms with Crippen molar-refractivity contribution in [3.63, 3.8) is 0 Å². The summed E-state index contributed by atoms with van der Waals surface area (Å²) < 4.78 is 32.9. The van der Waals surface area contributed by atoms with Crippen LogP contribution in [-0.2, 0) is 29.3 Å². The normalized spacial score (nSPS) is 15.1. The van der Waals surface area contributed by atoms with Crippen molar-refractivity contribution in [1.82, 2.24) is 5.06 Å². The zero-order chi connectivity index (χ0) is 26.2. The molecule has 0 aromatic heterocycles. The summed E-state index contributed by atoms with van der Waals surface area (Å²) in [7, 11) is -2.50. The van der Waals surface area contributed by atoms with Gasteiger partial charge in [0.15, 0.2) is 5.78 Å². The summed E-state index contributed by atoms with van der Waals surface area (Å²) in [6, 6.07) is 3.79. The van der Waals surface area contributed by atoms with Gasteiger partial charge in [-0.25, -0.2) is 13.2 Å². The second-order valence-electron chi connectivity index (χ2n) is 6.80. The Morgan fingerprint density at radius 2 is 1.92 bits per heavy atom. The zero-order valence-corrected chi connectivity index (χ0v) is 23.3. The molecule has 36 heavy (non-hydrogen) atoms. The number of Topliss-reactive ketones (excluding diaryl/α,β-unsaturated/α-hetero) is 1. The molecule has 1 fully saturated rings. The Labute approximate surface area is 234 Å². The molecule has 0 radical (unpaired) electrons. The molecule has 1 aromatic rings. The number of imide groups is 1. The first-order valence-electron chi connectivity index (χ1n) is 9.70. The van der Waals surface area contributed by atoms with Gasteiger partial charge in [-0.3, -0.25) is 24.5 Å². The van der Waals surface area contributed by atoms with Crippen LogP contribution in [0.4, 0.5) is 11.4 Å². The SMILES string of the molecule is C=[N+]=Nc1ccc([N+](=O)[O-])c(C(=O)CCCSSCCC(=O)ON2C(=O)CC(S(=O)(=O)[O-])C2=O)c1.[Na+]. The van der Waals surface area contributed by atoms with E-state index < -0.39 is 50.3 Å². The minimum atomic E-state index is -5.05. The van der Waals surface area contributed by atoms with E-state index >= 15 is 0 Å². The van der Waals surface area contributed by atoms with E-state index in [2.05, 4.69) is 21.5 Å². The monoisotopic (exact) mass is 569 g/mol. The molecule has 2 amide bonds. The van der Waals surface area contributed by atoms with E-state index in [1.54, 1.807) is 0 Å². The maximum atomic E-state index is 12.4. The molecule has 2 rings (SSSR count). The van der Waals surface area contributed by atoms with E-state index in [-0.39, 0.29) is 70.2 Å². The van der Waals surface area contributed by atoms with Crippen molar-refractivity contribution in [2.45, 2.75) is 30.9 Å². The fourth-order valence-corrected chi connectivity index (χ4v) is 5.52. The van der Waals surface area contributed by atoms with Crippen molar-refractivity contribution in [3.05, 3.63) is 33.9 Å². The molecule has 18 heteroatoms. The van der Waals surface area contributed by atoms with Gasteiger partial charge in [0.05, 0.1) is 23.3 Å². The van der Waals surface area contributed by atoms with Gasteiger partial charge in [-0.2, -0.15) is 0 Å². The minimum Gasteiger partial charge on any atom is -0.747 e. The fraction of sp³-hybridized carbons (Fsp3) is 0.389. The van der Waals surface area contributed by atoms with Gasteiger partial charge in [-0.1, -0.05) is 21.6 Å². The number of hydrogen-bond donors (Lipinski definition) is 0. The largest absolute Gasteiger partial charge is 1.00 e. The number of nitrogens with zero attached hydrogens (tertiary/aromatic N) is 4. The third kappa shape index (κ3) is 9.08. The number of nitro benzene ring substituents is 1. The summed E-state index contributed by atoms with van der Waals surface area (Å²) in [6.07, 6.45) is -0.678. The maximum absolute atomic E-state index is 12.4. The molecule has 14 nitrogen and oxygen atoms in total. The van der Waals surface area contributed by atoms with Crippen LogP contribution in [0.1, 0.15) is 36.0 Å². The molecule has 0 saturated carbocycles. The molecule has 1 saturated heterocycles. The van der Waals surface area contributed by atoms with Crippen LogP contribution in [0.5, 0.6) is 0 Å². The summed E-state index contributed by atoms with van der Waals surface area (Å²) in [5, 5.41) is 12.7. The van der Waals surface area contributed by atoms with Crippen molar-refractivity contribution in [3.8, 4) is 0 Å². The molecular formula is C18H18N4NaO10S3+. The van der Waals surface area contributed by atoms with E-state index in [4.69, 9.17) is 0 Å². The molecule has 1 unspecified atom stereocenters. The molecule has 188 valence electrons. The number of ketones is 1. The Morgan fingerprint density at radius 1 is 1.25 bits per heavy atom. The summed E-state index contributed by atoms with van der Waals surface area (Å²) in [5.74, 6) is -3.22. The number of rotatable bonds is 13. The average molecular weight is 570 g/mol. The Morgan fingerprint density at radius 3 is 2.50 bits per heavy atom. The molecular weight excluding hydrogens is 551 g/mol. The number of amides is 2. The molecule has 0 aliphatic carbocycles. The van der Waals surface area contributed by atoms with Gasteiger partial charge in [0.25, 0.3) is 24.2 Å². The van der Waals surface area contributed by atoms with Crippen LogP contribution >= 0.6 is 21.6 Å². The van der Waals surface area contributed by atoms with Gasteiger partial charge < -0.3 is 9.39 Å². The number of carbonyl (C=O) groups is 4. The molecule has 1 atom stereocenters. The van der Waals surface area contributed by atoms with Crippen LogP contribution in [0.15, 0.2) is 23.3 Å². The summed E-state index contributed by atoms with van der Waals surface area (Å²) in [4.78, 5) is 66.0. The molecule has 0 bridgehead atoms. The zero-order valence-electron chi connectivity index (χ0n) is 18.9. The molecule has 0 N–H and O–H groups in total. The summed E-state index contributed by atoms with van der Waals surface area (Å²) in [5.41, 5.74) is -0.167. The van der Waals surface area contributed by atoms with Crippen LogP contribution in [0.2, 0.25) is 0 Å². The Balaban J connectivity index is 0.00000648. The van der Waals surface area contributed by atoms with E-state index in [0.717, 1.165) is 0 Å². The molecule has 0 spiro atoms. The van der Waals surface area contributed by atoms with E-state index in [0.29, 0.717) is 12.2 Å². The smallest absolute Gasteiger partial charge is 0.747 e. The van der Waals surface area contributed by atoms with Gasteiger partial charge in [0.1, 0.15) is 26.2 Å². The van der Waals surface area contributed by atoms with Gasteiger partial charge in [-0.15, -0.1) is 5.06 Å². The van der Waals surface area contributed by atoms with E-state index in [1.807, 2.05) is 0 Å². The number of benzene rings is 1. The Bertz CT molecular complexity index is 1200. The van der Waals surface area contributed by atoms with Crippen LogP contribution in [0, 0.1) is 10.1 Å². The van der Waals surface area contributed by atoms with Crippen LogP contribution in [0.25, 0.3) is 0 Å². The Kier molecular flexibility index (Phi) is 12.9. The third-order valence-electron chi connectivity index (χ3n) is 4.37. The van der Waals surface area contributed by atoms with Gasteiger partial charge in [-0.05, 0) is 18.6 Å². The van der Waals surface area contributed by atoms with Crippen LogP contribution in [0.3, 0.4) is 0 Å². The average Bonchev–Trinajstić information content (AvgIpc) is 3.07. The third-order valence-corrected chi connectivity index (χ3v) is 7.93. The van der Waals surface area contributed by atoms with E-state index in [9.17, 15) is 42.3 Å². The Hall–Kier alpha value is -2.11. The number of hydrogen-bond acceptors (Lipinski definition) is 13. The van der Waals surface area contributed by atoms with E-state index in [1.165, 1.54) is 39.8 Å². The van der Waals surface area contributed by atoms with Gasteiger partial charge in [0.2, 0.25) is 0 Å².